The number of fused-ring (bicyclic) bond motifs is 1. The molecule has 1 aromatic rings. The van der Waals surface area contributed by atoms with E-state index in [1.54, 1.807) is 29.2 Å². The standard InChI is InChI=1S/C19H25N3O6/c1-4-22(5-2)16(23)11-21(3)17(24)12-27-18(25)10-15-19(26)20-13-8-6-7-9-14(13)28-15/h6-9,15H,4-5,10-12H2,1-3H3,(H,20,26)/t15-/m0/s1. The summed E-state index contributed by atoms with van der Waals surface area (Å²) in [6.07, 6.45) is -1.35. The van der Waals surface area contributed by atoms with Crippen molar-refractivity contribution in [2.24, 2.45) is 0 Å². The van der Waals surface area contributed by atoms with Crippen molar-refractivity contribution >= 4 is 29.4 Å². The van der Waals surface area contributed by atoms with Crippen molar-refractivity contribution < 1.29 is 28.7 Å². The molecule has 2 rings (SSSR count). The van der Waals surface area contributed by atoms with Gasteiger partial charge in [-0.15, -0.1) is 0 Å². The fourth-order valence-electron chi connectivity index (χ4n) is 2.66. The topological polar surface area (TPSA) is 105 Å². The fourth-order valence-corrected chi connectivity index (χ4v) is 2.66. The van der Waals surface area contributed by atoms with Crippen LogP contribution < -0.4 is 10.1 Å². The van der Waals surface area contributed by atoms with E-state index in [0.29, 0.717) is 24.5 Å². The zero-order valence-corrected chi connectivity index (χ0v) is 16.3. The van der Waals surface area contributed by atoms with Gasteiger partial charge in [0, 0.05) is 20.1 Å². The third-order valence-electron chi connectivity index (χ3n) is 4.33. The van der Waals surface area contributed by atoms with E-state index < -0.39 is 30.5 Å². The van der Waals surface area contributed by atoms with Gasteiger partial charge >= 0.3 is 5.97 Å². The number of benzene rings is 1. The lowest BCUT2D eigenvalue weighted by Gasteiger charge is -2.25. The third kappa shape index (κ3) is 5.45. The van der Waals surface area contributed by atoms with E-state index >= 15 is 0 Å². The third-order valence-corrected chi connectivity index (χ3v) is 4.33. The molecule has 1 N–H and O–H groups in total. The number of anilines is 1. The van der Waals surface area contributed by atoms with Gasteiger partial charge in [-0.2, -0.15) is 0 Å². The lowest BCUT2D eigenvalue weighted by Crippen LogP contribution is -2.42. The summed E-state index contributed by atoms with van der Waals surface area (Å²) in [7, 11) is 1.46. The van der Waals surface area contributed by atoms with Gasteiger partial charge in [-0.3, -0.25) is 19.2 Å². The number of rotatable bonds is 8. The Morgan fingerprint density at radius 3 is 2.50 bits per heavy atom. The summed E-state index contributed by atoms with van der Waals surface area (Å²) in [5, 5.41) is 2.65. The van der Waals surface area contributed by atoms with Crippen molar-refractivity contribution in [3.05, 3.63) is 24.3 Å². The SMILES string of the molecule is CCN(CC)C(=O)CN(C)C(=O)COC(=O)C[C@@H]1Oc2ccccc2NC1=O. The lowest BCUT2D eigenvalue weighted by molar-refractivity contribution is -0.154. The number of amides is 3. The average Bonchev–Trinajstić information content (AvgIpc) is 2.67. The van der Waals surface area contributed by atoms with Gasteiger partial charge in [0.15, 0.2) is 12.7 Å². The van der Waals surface area contributed by atoms with Crippen LogP contribution in [0.25, 0.3) is 0 Å². The van der Waals surface area contributed by atoms with Crippen LogP contribution in [0.15, 0.2) is 24.3 Å². The van der Waals surface area contributed by atoms with E-state index in [1.165, 1.54) is 11.9 Å². The Morgan fingerprint density at radius 2 is 1.82 bits per heavy atom. The minimum absolute atomic E-state index is 0.0943. The molecular weight excluding hydrogens is 366 g/mol. The summed E-state index contributed by atoms with van der Waals surface area (Å²) in [6.45, 7) is 4.21. The Hall–Kier alpha value is -3.10. The summed E-state index contributed by atoms with van der Waals surface area (Å²) in [5.41, 5.74) is 0.534. The Morgan fingerprint density at radius 1 is 1.14 bits per heavy atom. The van der Waals surface area contributed by atoms with Crippen molar-refractivity contribution in [3.8, 4) is 5.75 Å². The Bertz CT molecular complexity index is 747. The Kier molecular flexibility index (Phi) is 7.36. The predicted octanol–water partition coefficient (Wildman–Crippen LogP) is 0.646. The van der Waals surface area contributed by atoms with Gasteiger partial charge in [0.05, 0.1) is 18.7 Å². The molecule has 28 heavy (non-hydrogen) atoms. The van der Waals surface area contributed by atoms with Crippen LogP contribution in [0.2, 0.25) is 0 Å². The van der Waals surface area contributed by atoms with Crippen LogP contribution in [0.1, 0.15) is 20.3 Å². The summed E-state index contributed by atoms with van der Waals surface area (Å²) < 4.78 is 10.5. The second kappa shape index (κ2) is 9.72. The van der Waals surface area contributed by atoms with Crippen LogP contribution >= 0.6 is 0 Å². The summed E-state index contributed by atoms with van der Waals surface area (Å²) in [4.78, 5) is 50.9. The number of ether oxygens (including phenoxy) is 2. The average molecular weight is 391 g/mol. The summed E-state index contributed by atoms with van der Waals surface area (Å²) >= 11 is 0. The fraction of sp³-hybridized carbons (Fsp3) is 0.474. The molecule has 0 radical (unpaired) electrons. The number of carbonyl (C=O) groups excluding carboxylic acids is 4. The van der Waals surface area contributed by atoms with Gasteiger partial charge in [0.2, 0.25) is 5.91 Å². The maximum atomic E-state index is 12.1. The highest BCUT2D eigenvalue weighted by Crippen LogP contribution is 2.29. The molecule has 152 valence electrons. The second-order valence-electron chi connectivity index (χ2n) is 6.27. The normalized spacial score (nSPS) is 15.0. The first-order chi connectivity index (χ1) is 13.3. The molecule has 1 heterocycles. The lowest BCUT2D eigenvalue weighted by atomic mass is 10.1. The number of para-hydroxylation sites is 2. The number of esters is 1. The largest absolute Gasteiger partial charge is 0.478 e. The number of hydrogen-bond acceptors (Lipinski definition) is 6. The van der Waals surface area contributed by atoms with Gasteiger partial charge < -0.3 is 24.6 Å². The molecule has 1 aliphatic rings. The number of nitrogens with zero attached hydrogens (tertiary/aromatic N) is 2. The summed E-state index contributed by atoms with van der Waals surface area (Å²) in [5.74, 6) is -1.42. The van der Waals surface area contributed by atoms with E-state index in [1.807, 2.05) is 13.8 Å². The van der Waals surface area contributed by atoms with Crippen molar-refractivity contribution in [1.29, 1.82) is 0 Å². The van der Waals surface area contributed by atoms with Crippen LogP contribution in [0.4, 0.5) is 5.69 Å². The smallest absolute Gasteiger partial charge is 0.310 e. The maximum Gasteiger partial charge on any atom is 0.310 e. The number of nitrogens with one attached hydrogen (secondary N) is 1. The first-order valence-corrected chi connectivity index (χ1v) is 9.09. The molecular formula is C19H25N3O6. The molecule has 9 heteroatoms. The van der Waals surface area contributed by atoms with Crippen LogP contribution in [0, 0.1) is 0 Å². The highest BCUT2D eigenvalue weighted by atomic mass is 16.5. The summed E-state index contributed by atoms with van der Waals surface area (Å²) in [6, 6.07) is 6.87. The monoisotopic (exact) mass is 391 g/mol. The van der Waals surface area contributed by atoms with Crippen LogP contribution in [0.5, 0.6) is 5.75 Å². The van der Waals surface area contributed by atoms with Crippen LogP contribution in [-0.2, 0) is 23.9 Å². The quantitative estimate of drug-likeness (QED) is 0.652. The minimum Gasteiger partial charge on any atom is -0.478 e. The molecule has 0 aromatic heterocycles. The highest BCUT2D eigenvalue weighted by molar-refractivity contribution is 5.99. The Balaban J connectivity index is 1.80. The predicted molar refractivity (Wildman–Crippen MR) is 101 cm³/mol. The zero-order chi connectivity index (χ0) is 20.7. The molecule has 0 unspecified atom stereocenters. The minimum atomic E-state index is -1.03. The molecule has 0 saturated heterocycles. The first-order valence-electron chi connectivity index (χ1n) is 9.09. The molecule has 1 atom stereocenters. The van der Waals surface area contributed by atoms with Crippen molar-refractivity contribution in [2.75, 3.05) is 38.6 Å². The maximum absolute atomic E-state index is 12.1. The molecule has 0 fully saturated rings. The van der Waals surface area contributed by atoms with E-state index in [-0.39, 0.29) is 18.9 Å². The molecule has 1 aliphatic heterocycles. The van der Waals surface area contributed by atoms with Crippen molar-refractivity contribution in [2.45, 2.75) is 26.4 Å². The Labute approximate surface area is 163 Å². The van der Waals surface area contributed by atoms with E-state index in [0.717, 1.165) is 0 Å². The second-order valence-corrected chi connectivity index (χ2v) is 6.27. The molecule has 0 bridgehead atoms. The molecule has 1 aromatic carbocycles. The number of carbonyl (C=O) groups is 4. The van der Waals surface area contributed by atoms with E-state index in [2.05, 4.69) is 5.32 Å². The zero-order valence-electron chi connectivity index (χ0n) is 16.3. The number of likely N-dealkylation sites (N-methyl/N-ethyl adjacent to an activating group) is 2. The highest BCUT2D eigenvalue weighted by Gasteiger charge is 2.30. The van der Waals surface area contributed by atoms with Gasteiger partial charge in [0.25, 0.3) is 11.8 Å². The first kappa shape index (κ1) is 21.2. The van der Waals surface area contributed by atoms with E-state index in [4.69, 9.17) is 9.47 Å². The van der Waals surface area contributed by atoms with E-state index in [9.17, 15) is 19.2 Å². The van der Waals surface area contributed by atoms with Crippen molar-refractivity contribution in [1.82, 2.24) is 9.80 Å². The van der Waals surface area contributed by atoms with Crippen molar-refractivity contribution in [3.63, 3.8) is 0 Å². The van der Waals surface area contributed by atoms with Crippen LogP contribution in [-0.4, -0.2) is 72.9 Å². The molecule has 3 amide bonds. The van der Waals surface area contributed by atoms with Gasteiger partial charge in [-0.05, 0) is 26.0 Å². The number of hydrogen-bond donors (Lipinski definition) is 1. The van der Waals surface area contributed by atoms with Crippen LogP contribution in [0.3, 0.4) is 0 Å². The van der Waals surface area contributed by atoms with Gasteiger partial charge in [-0.25, -0.2) is 0 Å². The van der Waals surface area contributed by atoms with Gasteiger partial charge in [0.1, 0.15) is 5.75 Å². The molecule has 9 nitrogen and oxygen atoms in total. The van der Waals surface area contributed by atoms with Gasteiger partial charge in [-0.1, -0.05) is 12.1 Å². The molecule has 0 spiro atoms. The molecule has 0 saturated carbocycles. The molecule has 0 aliphatic carbocycles.